The van der Waals surface area contributed by atoms with E-state index in [1.807, 2.05) is 13.8 Å². The highest BCUT2D eigenvalue weighted by molar-refractivity contribution is 6.30. The summed E-state index contributed by atoms with van der Waals surface area (Å²) in [6.07, 6.45) is 0. The molecule has 0 unspecified atom stereocenters. The molecule has 1 rings (SSSR count). The quantitative estimate of drug-likeness (QED) is 0.714. The number of rotatable bonds is 2. The van der Waals surface area contributed by atoms with Gasteiger partial charge in [0.15, 0.2) is 0 Å². The molecule has 0 atom stereocenters. The maximum atomic E-state index is 9.05. The largest absolute Gasteiger partial charge is 0.496 e. The molecule has 2 nitrogen and oxygen atoms in total. The number of nitriles is 1. The fourth-order valence-electron chi connectivity index (χ4n) is 1.32. The molecule has 78 valence electrons. The highest BCUT2D eigenvalue weighted by Crippen LogP contribution is 2.30. The van der Waals surface area contributed by atoms with Crippen molar-refractivity contribution in [1.29, 1.82) is 5.26 Å². The average Bonchev–Trinajstić information content (AvgIpc) is 2.18. The van der Waals surface area contributed by atoms with Crippen LogP contribution in [0, 0.1) is 11.3 Å². The van der Waals surface area contributed by atoms with E-state index < -0.39 is 0 Å². The van der Waals surface area contributed by atoms with E-state index in [-0.39, 0.29) is 0 Å². The molecular weight excluding hydrogens is 210 g/mol. The molecule has 0 saturated carbocycles. The summed E-state index contributed by atoms with van der Waals surface area (Å²) in [6.45, 7) is 3.78. The predicted octanol–water partition coefficient (Wildman–Crippen LogP) is 3.67. The third kappa shape index (κ3) is 2.51. The van der Waals surface area contributed by atoms with E-state index in [1.165, 1.54) is 0 Å². The van der Waals surface area contributed by atoms with Crippen LogP contribution in [0.5, 0.6) is 5.75 Å². The van der Waals surface area contributed by atoms with Crippen molar-refractivity contribution in [2.45, 2.75) is 13.8 Å². The Morgan fingerprint density at radius 1 is 1.40 bits per heavy atom. The second kappa shape index (κ2) is 4.86. The molecule has 0 aliphatic heterocycles. The van der Waals surface area contributed by atoms with Gasteiger partial charge in [0.25, 0.3) is 0 Å². The molecule has 0 heterocycles. The molecule has 0 spiro atoms. The monoisotopic (exact) mass is 221 g/mol. The van der Waals surface area contributed by atoms with E-state index >= 15 is 0 Å². The van der Waals surface area contributed by atoms with Gasteiger partial charge in [-0.2, -0.15) is 5.26 Å². The van der Waals surface area contributed by atoms with Crippen LogP contribution in [-0.2, 0) is 0 Å². The maximum absolute atomic E-state index is 9.05. The second-order valence-corrected chi connectivity index (χ2v) is 3.77. The summed E-state index contributed by atoms with van der Waals surface area (Å²) in [6, 6.07) is 7.40. The average molecular weight is 222 g/mol. The van der Waals surface area contributed by atoms with Crippen molar-refractivity contribution < 1.29 is 4.74 Å². The van der Waals surface area contributed by atoms with Crippen LogP contribution in [0.4, 0.5) is 0 Å². The van der Waals surface area contributed by atoms with Gasteiger partial charge in [0.2, 0.25) is 0 Å². The van der Waals surface area contributed by atoms with Crippen molar-refractivity contribution in [3.63, 3.8) is 0 Å². The van der Waals surface area contributed by atoms with Gasteiger partial charge in [-0.25, -0.2) is 0 Å². The Bertz CT molecular complexity index is 439. The van der Waals surface area contributed by atoms with Crippen molar-refractivity contribution in [2.75, 3.05) is 7.11 Å². The molecule has 0 N–H and O–H groups in total. The molecule has 1 aromatic rings. The fourth-order valence-corrected chi connectivity index (χ4v) is 1.49. The number of benzene rings is 1. The molecular formula is C12H12ClNO. The van der Waals surface area contributed by atoms with Gasteiger partial charge < -0.3 is 4.74 Å². The van der Waals surface area contributed by atoms with Gasteiger partial charge in [-0.05, 0) is 32.0 Å². The minimum atomic E-state index is 0.597. The Kier molecular flexibility index (Phi) is 3.76. The van der Waals surface area contributed by atoms with E-state index in [0.717, 1.165) is 11.1 Å². The van der Waals surface area contributed by atoms with Gasteiger partial charge in [0, 0.05) is 10.6 Å². The molecule has 0 amide bonds. The standard InChI is InChI=1S/C12H12ClNO/c1-8(2)11(7-14)10-6-9(13)4-5-12(10)15-3/h4-6H,1-3H3. The lowest BCUT2D eigenvalue weighted by Crippen LogP contribution is -1.92. The first kappa shape index (κ1) is 11.6. The molecule has 0 aliphatic rings. The van der Waals surface area contributed by atoms with Crippen LogP contribution in [0.1, 0.15) is 19.4 Å². The van der Waals surface area contributed by atoms with E-state index in [9.17, 15) is 0 Å². The number of allylic oxidation sites excluding steroid dienone is 2. The summed E-state index contributed by atoms with van der Waals surface area (Å²) in [4.78, 5) is 0. The van der Waals surface area contributed by atoms with Crippen molar-refractivity contribution in [3.8, 4) is 11.8 Å². The normalized spacial score (nSPS) is 9.27. The van der Waals surface area contributed by atoms with Crippen molar-refractivity contribution in [2.24, 2.45) is 0 Å². The first-order chi connectivity index (χ1) is 7.10. The molecule has 0 aliphatic carbocycles. The zero-order chi connectivity index (χ0) is 11.4. The van der Waals surface area contributed by atoms with Crippen LogP contribution in [0.25, 0.3) is 5.57 Å². The highest BCUT2D eigenvalue weighted by atomic mass is 35.5. The molecule has 15 heavy (non-hydrogen) atoms. The first-order valence-corrected chi connectivity index (χ1v) is 4.89. The van der Waals surface area contributed by atoms with Gasteiger partial charge in [-0.3, -0.25) is 0 Å². The van der Waals surface area contributed by atoms with Crippen LogP contribution < -0.4 is 4.74 Å². The molecule has 1 aromatic carbocycles. The molecule has 0 bridgehead atoms. The summed E-state index contributed by atoms with van der Waals surface area (Å²) in [7, 11) is 1.58. The summed E-state index contributed by atoms with van der Waals surface area (Å²) in [5.74, 6) is 0.664. The fraction of sp³-hybridized carbons (Fsp3) is 0.250. The Morgan fingerprint density at radius 3 is 2.53 bits per heavy atom. The first-order valence-electron chi connectivity index (χ1n) is 4.51. The van der Waals surface area contributed by atoms with Crippen molar-refractivity contribution >= 4 is 17.2 Å². The number of hydrogen-bond acceptors (Lipinski definition) is 2. The topological polar surface area (TPSA) is 33.0 Å². The number of ether oxygens (including phenoxy) is 1. The lowest BCUT2D eigenvalue weighted by molar-refractivity contribution is 0.413. The minimum Gasteiger partial charge on any atom is -0.496 e. The lowest BCUT2D eigenvalue weighted by atomic mass is 10.0. The van der Waals surface area contributed by atoms with E-state index in [0.29, 0.717) is 16.3 Å². The van der Waals surface area contributed by atoms with E-state index in [1.54, 1.807) is 25.3 Å². The summed E-state index contributed by atoms with van der Waals surface area (Å²) < 4.78 is 5.19. The lowest BCUT2D eigenvalue weighted by Gasteiger charge is -2.08. The number of methoxy groups -OCH3 is 1. The van der Waals surface area contributed by atoms with Gasteiger partial charge in [0.1, 0.15) is 5.75 Å². The summed E-state index contributed by atoms with van der Waals surface area (Å²) in [5, 5.41) is 9.65. The smallest absolute Gasteiger partial charge is 0.127 e. The van der Waals surface area contributed by atoms with E-state index in [2.05, 4.69) is 6.07 Å². The number of nitrogens with zero attached hydrogens (tertiary/aromatic N) is 1. The van der Waals surface area contributed by atoms with Gasteiger partial charge >= 0.3 is 0 Å². The van der Waals surface area contributed by atoms with Crippen LogP contribution >= 0.6 is 11.6 Å². The zero-order valence-corrected chi connectivity index (χ0v) is 9.72. The number of hydrogen-bond donors (Lipinski definition) is 0. The number of halogens is 1. The summed E-state index contributed by atoms with van der Waals surface area (Å²) >= 11 is 5.89. The van der Waals surface area contributed by atoms with Crippen LogP contribution in [0.2, 0.25) is 5.02 Å². The van der Waals surface area contributed by atoms with Crippen LogP contribution in [-0.4, -0.2) is 7.11 Å². The van der Waals surface area contributed by atoms with Crippen LogP contribution in [0.15, 0.2) is 23.8 Å². The maximum Gasteiger partial charge on any atom is 0.127 e. The molecule has 0 saturated heterocycles. The van der Waals surface area contributed by atoms with E-state index in [4.69, 9.17) is 21.6 Å². The Balaban J connectivity index is 3.42. The third-order valence-corrected chi connectivity index (χ3v) is 2.28. The van der Waals surface area contributed by atoms with Gasteiger partial charge in [-0.15, -0.1) is 0 Å². The predicted molar refractivity (Wildman–Crippen MR) is 61.9 cm³/mol. The zero-order valence-electron chi connectivity index (χ0n) is 8.97. The highest BCUT2D eigenvalue weighted by Gasteiger charge is 2.10. The van der Waals surface area contributed by atoms with Gasteiger partial charge in [0.05, 0.1) is 18.8 Å². The molecule has 0 fully saturated rings. The SMILES string of the molecule is COc1ccc(Cl)cc1C(C#N)=C(C)C. The third-order valence-electron chi connectivity index (χ3n) is 2.04. The van der Waals surface area contributed by atoms with Crippen LogP contribution in [0.3, 0.4) is 0 Å². The van der Waals surface area contributed by atoms with Crippen molar-refractivity contribution in [3.05, 3.63) is 34.4 Å². The Hall–Kier alpha value is -1.46. The molecule has 0 aromatic heterocycles. The minimum absolute atomic E-state index is 0.597. The molecule has 0 radical (unpaired) electrons. The Labute approximate surface area is 94.7 Å². The van der Waals surface area contributed by atoms with Crippen molar-refractivity contribution in [1.82, 2.24) is 0 Å². The second-order valence-electron chi connectivity index (χ2n) is 3.33. The van der Waals surface area contributed by atoms with Gasteiger partial charge in [-0.1, -0.05) is 17.2 Å². The molecule has 3 heteroatoms. The Morgan fingerprint density at radius 2 is 2.07 bits per heavy atom. The summed E-state index contributed by atoms with van der Waals surface area (Å²) in [5.41, 5.74) is 2.29.